The lowest BCUT2D eigenvalue weighted by Gasteiger charge is -2.23. The maximum atomic E-state index is 13.0. The van der Waals surface area contributed by atoms with Crippen LogP contribution in [0.5, 0.6) is 0 Å². The zero-order valence-electron chi connectivity index (χ0n) is 16.8. The van der Waals surface area contributed by atoms with Gasteiger partial charge < -0.3 is 47.0 Å². The zero-order valence-corrected chi connectivity index (χ0v) is 23.2. The van der Waals surface area contributed by atoms with Crippen molar-refractivity contribution in [1.82, 2.24) is 10.6 Å². The number of aliphatic hydroxyl groups is 6. The van der Waals surface area contributed by atoms with Crippen molar-refractivity contribution in [3.05, 3.63) is 21.8 Å². The average molecular weight is 793 g/mol. The largest absolute Gasteiger partial charge is 0.397 e. The number of benzene rings is 1. The van der Waals surface area contributed by atoms with E-state index in [2.05, 4.69) is 10.6 Å². The number of carbonyl (C=O) groups excluding carboxylic acids is 2. The summed E-state index contributed by atoms with van der Waals surface area (Å²) in [6.07, 6.45) is -2.41. The van der Waals surface area contributed by atoms with E-state index in [1.807, 2.05) is 67.8 Å². The van der Waals surface area contributed by atoms with E-state index >= 15 is 0 Å². The van der Waals surface area contributed by atoms with Gasteiger partial charge in [-0.2, -0.15) is 0 Å². The number of aliphatic hydroxyl groups excluding tert-OH is 6. The molecular formula is C18H26I3N3O8. The fourth-order valence-corrected chi connectivity index (χ4v) is 6.91. The molecule has 0 aliphatic carbocycles. The predicted octanol–water partition coefficient (Wildman–Crippen LogP) is -1.25. The van der Waals surface area contributed by atoms with E-state index < -0.39 is 62.5 Å². The molecule has 0 aliphatic rings. The van der Waals surface area contributed by atoms with Crippen molar-refractivity contribution in [1.29, 1.82) is 0 Å². The molecule has 0 aliphatic heterocycles. The van der Waals surface area contributed by atoms with Gasteiger partial charge in [0.2, 0.25) is 0 Å². The molecule has 2 amide bonds. The number of nitrogens with two attached hydrogens (primary N) is 1. The van der Waals surface area contributed by atoms with Crippen molar-refractivity contribution in [2.45, 2.75) is 37.1 Å². The van der Waals surface area contributed by atoms with Gasteiger partial charge in [0.25, 0.3) is 11.8 Å². The van der Waals surface area contributed by atoms with Crippen molar-refractivity contribution in [2.75, 3.05) is 32.2 Å². The lowest BCUT2D eigenvalue weighted by atomic mass is 10.0. The molecule has 32 heavy (non-hydrogen) atoms. The number of hydrogen-bond acceptors (Lipinski definition) is 9. The van der Waals surface area contributed by atoms with Gasteiger partial charge in [-0.3, -0.25) is 9.59 Å². The van der Waals surface area contributed by atoms with Crippen LogP contribution in [0, 0.1) is 10.7 Å². The summed E-state index contributed by atoms with van der Waals surface area (Å²) in [6.45, 7) is -2.01. The minimum absolute atomic E-state index is 0.0789. The summed E-state index contributed by atoms with van der Waals surface area (Å²) in [5.74, 6) is -1.26. The fraction of sp³-hybridized carbons (Fsp3) is 0.556. The van der Waals surface area contributed by atoms with Gasteiger partial charge >= 0.3 is 0 Å². The topological polar surface area (TPSA) is 206 Å². The molecule has 1 aromatic rings. The molecule has 1 rings (SSSR count). The Labute approximate surface area is 225 Å². The maximum absolute atomic E-state index is 13.0. The highest BCUT2D eigenvalue weighted by Gasteiger charge is 2.29. The Bertz CT molecular complexity index is 753. The molecule has 0 bridgehead atoms. The van der Waals surface area contributed by atoms with Crippen LogP contribution in [0.15, 0.2) is 0 Å². The Morgan fingerprint density at radius 1 is 0.719 bits per heavy atom. The van der Waals surface area contributed by atoms with E-state index in [1.54, 1.807) is 0 Å². The molecule has 11 nitrogen and oxygen atoms in total. The highest BCUT2D eigenvalue weighted by atomic mass is 127. The van der Waals surface area contributed by atoms with E-state index in [0.717, 1.165) is 0 Å². The molecule has 0 saturated carbocycles. The summed E-state index contributed by atoms with van der Waals surface area (Å²) in [4.78, 5) is 25.9. The van der Waals surface area contributed by atoms with Crippen molar-refractivity contribution in [2.24, 2.45) is 0 Å². The maximum Gasteiger partial charge on any atom is 0.253 e. The van der Waals surface area contributed by atoms with E-state index in [-0.39, 0.29) is 33.2 Å². The molecular weight excluding hydrogens is 767 g/mol. The first-order chi connectivity index (χ1) is 15.0. The normalized spacial score (nSPS) is 15.0. The van der Waals surface area contributed by atoms with Gasteiger partial charge in [-0.05, 0) is 80.6 Å². The zero-order chi connectivity index (χ0) is 24.6. The molecule has 0 saturated heterocycles. The van der Waals surface area contributed by atoms with Crippen LogP contribution in [0.4, 0.5) is 5.69 Å². The van der Waals surface area contributed by atoms with Gasteiger partial charge in [-0.1, -0.05) is 0 Å². The number of nitrogens with one attached hydrogen (secondary N) is 2. The SMILES string of the molecule is Nc1c(I)c(C(=O)NC(CO)CC(O)CO)c(I)c(C(=O)NC(CO)CC(O)CO)c1I. The predicted molar refractivity (Wildman–Crippen MR) is 141 cm³/mol. The molecule has 14 heteroatoms. The number of halogens is 3. The molecule has 0 fully saturated rings. The second-order valence-corrected chi connectivity index (χ2v) is 10.2. The lowest BCUT2D eigenvalue weighted by molar-refractivity contribution is 0.0657. The van der Waals surface area contributed by atoms with E-state index in [0.29, 0.717) is 7.14 Å². The standard InChI is InChI=1S/C18H26I3N3O8/c19-13-11(17(31)23-7(3-25)1-9(29)5-27)14(20)16(22)15(21)12(13)18(32)24-8(4-26)2-10(30)6-28/h7-10,25-30H,1-6,22H2,(H,23,31)(H,24,32). The summed E-state index contributed by atoms with van der Waals surface area (Å²) >= 11 is 5.59. The molecule has 10 N–H and O–H groups in total. The first kappa shape index (κ1) is 29.9. The molecule has 4 unspecified atom stereocenters. The first-order valence-electron chi connectivity index (χ1n) is 9.39. The van der Waals surface area contributed by atoms with Crippen LogP contribution in [0.2, 0.25) is 0 Å². The van der Waals surface area contributed by atoms with Crippen LogP contribution < -0.4 is 16.4 Å². The van der Waals surface area contributed by atoms with Crippen molar-refractivity contribution in [3.63, 3.8) is 0 Å². The molecule has 1 aromatic carbocycles. The Balaban J connectivity index is 3.29. The minimum atomic E-state index is -1.13. The van der Waals surface area contributed by atoms with Crippen LogP contribution >= 0.6 is 67.8 Å². The molecule has 0 heterocycles. The van der Waals surface area contributed by atoms with Crippen molar-refractivity contribution in [3.8, 4) is 0 Å². The van der Waals surface area contributed by atoms with Crippen LogP contribution in [0.1, 0.15) is 33.6 Å². The summed E-state index contributed by atoms with van der Waals surface area (Å²) in [6, 6.07) is -1.68. The quantitative estimate of drug-likeness (QED) is 0.0916. The summed E-state index contributed by atoms with van der Waals surface area (Å²) in [5.41, 5.74) is 6.52. The highest BCUT2D eigenvalue weighted by Crippen LogP contribution is 2.34. The molecule has 0 aromatic heterocycles. The van der Waals surface area contributed by atoms with E-state index in [1.165, 1.54) is 0 Å². The van der Waals surface area contributed by atoms with Crippen molar-refractivity contribution < 1.29 is 40.2 Å². The molecule has 4 atom stereocenters. The molecule has 0 radical (unpaired) electrons. The Morgan fingerprint density at radius 3 is 1.34 bits per heavy atom. The van der Waals surface area contributed by atoms with E-state index in [9.17, 15) is 30.0 Å². The number of amides is 2. The number of nitrogen functional groups attached to an aromatic ring is 1. The van der Waals surface area contributed by atoms with Gasteiger partial charge in [0, 0.05) is 3.57 Å². The van der Waals surface area contributed by atoms with Crippen molar-refractivity contribution >= 4 is 85.3 Å². The molecule has 182 valence electrons. The average Bonchev–Trinajstić information content (AvgIpc) is 2.76. The van der Waals surface area contributed by atoms with Gasteiger partial charge in [-0.25, -0.2) is 0 Å². The monoisotopic (exact) mass is 793 g/mol. The Hall–Kier alpha value is -0.0900. The first-order valence-corrected chi connectivity index (χ1v) is 12.6. The second kappa shape index (κ2) is 14.3. The van der Waals surface area contributed by atoms with Gasteiger partial charge in [0.1, 0.15) is 0 Å². The third-order valence-electron chi connectivity index (χ3n) is 4.45. The Morgan fingerprint density at radius 2 is 1.06 bits per heavy atom. The number of anilines is 1. The molecule has 0 spiro atoms. The van der Waals surface area contributed by atoms with Crippen LogP contribution in [0.25, 0.3) is 0 Å². The Kier molecular flexibility index (Phi) is 13.4. The van der Waals surface area contributed by atoms with Crippen LogP contribution in [-0.2, 0) is 0 Å². The third kappa shape index (κ3) is 8.00. The second-order valence-electron chi connectivity index (χ2n) is 6.96. The highest BCUT2D eigenvalue weighted by molar-refractivity contribution is 14.1. The number of carbonyl (C=O) groups is 2. The summed E-state index contributed by atoms with van der Waals surface area (Å²) in [7, 11) is 0. The summed E-state index contributed by atoms with van der Waals surface area (Å²) in [5, 5.41) is 61.3. The number of rotatable bonds is 12. The smallest absolute Gasteiger partial charge is 0.253 e. The number of hydrogen-bond donors (Lipinski definition) is 9. The minimum Gasteiger partial charge on any atom is -0.397 e. The van der Waals surface area contributed by atoms with Gasteiger partial charge in [-0.15, -0.1) is 0 Å². The van der Waals surface area contributed by atoms with Gasteiger partial charge in [0.15, 0.2) is 0 Å². The van der Waals surface area contributed by atoms with Gasteiger partial charge in [0.05, 0.1) is 74.7 Å². The third-order valence-corrected chi connectivity index (χ3v) is 7.77. The fourth-order valence-electron chi connectivity index (χ4n) is 2.76. The summed E-state index contributed by atoms with van der Waals surface area (Å²) < 4.78 is 1.05. The van der Waals surface area contributed by atoms with E-state index in [4.69, 9.17) is 15.9 Å². The van der Waals surface area contributed by atoms with Crippen LogP contribution in [-0.4, -0.2) is 93.2 Å². The van der Waals surface area contributed by atoms with Crippen LogP contribution in [0.3, 0.4) is 0 Å². The lowest BCUT2D eigenvalue weighted by Crippen LogP contribution is -2.42.